The van der Waals surface area contributed by atoms with Gasteiger partial charge in [0.2, 0.25) is 0 Å². The molecule has 0 aliphatic heterocycles. The fraction of sp³-hybridized carbons (Fsp3) is 0.400. The number of sulfonamides is 1. The summed E-state index contributed by atoms with van der Waals surface area (Å²) in [6.45, 7) is 1.30. The number of benzene rings is 2. The smallest absolute Gasteiger partial charge is 0.261 e. The van der Waals surface area contributed by atoms with Crippen LogP contribution in [-0.4, -0.2) is 34.8 Å². The third-order valence-corrected chi connectivity index (χ3v) is 5.91. The molecule has 1 fully saturated rings. The van der Waals surface area contributed by atoms with Crippen molar-refractivity contribution in [2.45, 2.75) is 36.7 Å². The maximum absolute atomic E-state index is 12.6. The van der Waals surface area contributed by atoms with Gasteiger partial charge < -0.3 is 14.8 Å². The Hall–Kier alpha value is -2.25. The number of methoxy groups -OCH3 is 1. The van der Waals surface area contributed by atoms with Gasteiger partial charge in [-0.3, -0.25) is 4.72 Å². The van der Waals surface area contributed by atoms with Crippen LogP contribution in [0.2, 0.25) is 0 Å². The summed E-state index contributed by atoms with van der Waals surface area (Å²) in [7, 11) is -1.99. The average molecular weight is 391 g/mol. The van der Waals surface area contributed by atoms with E-state index in [0.29, 0.717) is 24.6 Å². The molecule has 6 nitrogen and oxygen atoms in total. The third-order valence-electron chi connectivity index (χ3n) is 4.51. The van der Waals surface area contributed by atoms with Crippen LogP contribution in [0.15, 0.2) is 53.4 Å². The lowest BCUT2D eigenvalue weighted by Crippen LogP contribution is -2.14. The molecule has 0 radical (unpaired) electrons. The van der Waals surface area contributed by atoms with Gasteiger partial charge in [0.05, 0.1) is 17.6 Å². The normalized spacial score (nSPS) is 14.9. The minimum absolute atomic E-state index is 0.212. The van der Waals surface area contributed by atoms with Gasteiger partial charge in [-0.05, 0) is 74.2 Å². The fourth-order valence-corrected chi connectivity index (χ4v) is 4.12. The van der Waals surface area contributed by atoms with Crippen LogP contribution >= 0.6 is 0 Å². The van der Waals surface area contributed by atoms with Crippen molar-refractivity contribution < 1.29 is 17.9 Å². The highest BCUT2D eigenvalue weighted by molar-refractivity contribution is 7.92. The van der Waals surface area contributed by atoms with Gasteiger partial charge in [-0.1, -0.05) is 0 Å². The minimum Gasteiger partial charge on any atom is -0.490 e. The Morgan fingerprint density at radius 3 is 2.22 bits per heavy atom. The lowest BCUT2D eigenvalue weighted by atomic mass is 10.3. The van der Waals surface area contributed by atoms with Crippen molar-refractivity contribution in [2.24, 2.45) is 0 Å². The highest BCUT2D eigenvalue weighted by atomic mass is 32.2. The largest absolute Gasteiger partial charge is 0.490 e. The van der Waals surface area contributed by atoms with E-state index < -0.39 is 10.0 Å². The Bertz CT molecular complexity index is 814. The highest BCUT2D eigenvalue weighted by Gasteiger charge is 2.18. The Kier molecular flexibility index (Phi) is 6.58. The van der Waals surface area contributed by atoms with E-state index >= 15 is 0 Å². The number of rotatable bonds is 9. The molecule has 2 N–H and O–H groups in total. The molecule has 0 bridgehead atoms. The molecule has 0 spiro atoms. The number of anilines is 2. The van der Waals surface area contributed by atoms with Crippen molar-refractivity contribution in [3.05, 3.63) is 48.5 Å². The predicted octanol–water partition coefficient (Wildman–Crippen LogP) is 3.87. The molecule has 1 aliphatic rings. The monoisotopic (exact) mass is 390 g/mol. The van der Waals surface area contributed by atoms with E-state index in [1.165, 1.54) is 12.8 Å². The third kappa shape index (κ3) is 5.61. The summed E-state index contributed by atoms with van der Waals surface area (Å²) in [5, 5.41) is 3.19. The molecule has 3 rings (SSSR count). The SMILES string of the molecule is COCCNc1ccc(NS(=O)(=O)c2ccc(OC3CCCC3)cc2)cc1. The van der Waals surface area contributed by atoms with E-state index in [1.807, 2.05) is 12.1 Å². The Balaban J connectivity index is 1.60. The molecule has 1 saturated carbocycles. The lowest BCUT2D eigenvalue weighted by Gasteiger charge is -2.14. The van der Waals surface area contributed by atoms with E-state index in [2.05, 4.69) is 10.0 Å². The van der Waals surface area contributed by atoms with E-state index in [9.17, 15) is 8.42 Å². The Morgan fingerprint density at radius 1 is 0.963 bits per heavy atom. The van der Waals surface area contributed by atoms with Crippen molar-refractivity contribution in [3.8, 4) is 5.75 Å². The molecule has 146 valence electrons. The quantitative estimate of drug-likeness (QED) is 0.636. The van der Waals surface area contributed by atoms with Gasteiger partial charge in [0.25, 0.3) is 10.0 Å². The predicted molar refractivity (Wildman–Crippen MR) is 107 cm³/mol. The first-order chi connectivity index (χ1) is 13.1. The topological polar surface area (TPSA) is 76.7 Å². The molecule has 0 unspecified atom stereocenters. The minimum atomic E-state index is -3.64. The van der Waals surface area contributed by atoms with Gasteiger partial charge in [-0.2, -0.15) is 0 Å². The zero-order chi connectivity index (χ0) is 19.1. The van der Waals surface area contributed by atoms with E-state index in [0.717, 1.165) is 18.5 Å². The highest BCUT2D eigenvalue weighted by Crippen LogP contribution is 2.25. The first-order valence-electron chi connectivity index (χ1n) is 9.19. The van der Waals surface area contributed by atoms with Crippen molar-refractivity contribution in [1.82, 2.24) is 0 Å². The number of ether oxygens (including phenoxy) is 2. The van der Waals surface area contributed by atoms with Crippen LogP contribution in [0, 0.1) is 0 Å². The van der Waals surface area contributed by atoms with Gasteiger partial charge in [-0.25, -0.2) is 8.42 Å². The molecule has 1 aliphatic carbocycles. The second kappa shape index (κ2) is 9.10. The zero-order valence-electron chi connectivity index (χ0n) is 15.5. The van der Waals surface area contributed by atoms with Crippen LogP contribution in [-0.2, 0) is 14.8 Å². The molecular formula is C20H26N2O4S. The van der Waals surface area contributed by atoms with E-state index in [-0.39, 0.29) is 11.0 Å². The molecule has 0 heterocycles. The summed E-state index contributed by atoms with van der Waals surface area (Å²) in [6.07, 6.45) is 4.78. The number of hydrogen-bond donors (Lipinski definition) is 2. The van der Waals surface area contributed by atoms with Gasteiger partial charge in [0, 0.05) is 25.0 Å². The Labute approximate surface area is 160 Å². The molecule has 2 aromatic rings. The van der Waals surface area contributed by atoms with E-state index in [1.54, 1.807) is 43.5 Å². The van der Waals surface area contributed by atoms with Crippen LogP contribution < -0.4 is 14.8 Å². The van der Waals surface area contributed by atoms with Gasteiger partial charge >= 0.3 is 0 Å². The van der Waals surface area contributed by atoms with Crippen LogP contribution in [0.5, 0.6) is 5.75 Å². The summed E-state index contributed by atoms with van der Waals surface area (Å²) in [5.41, 5.74) is 1.42. The number of nitrogens with one attached hydrogen (secondary N) is 2. The summed E-state index contributed by atoms with van der Waals surface area (Å²) in [4.78, 5) is 0.212. The second-order valence-corrected chi connectivity index (χ2v) is 8.28. The van der Waals surface area contributed by atoms with Crippen LogP contribution in [0.1, 0.15) is 25.7 Å². The summed E-state index contributed by atoms with van der Waals surface area (Å²) in [5.74, 6) is 0.715. The van der Waals surface area contributed by atoms with Crippen LogP contribution in [0.4, 0.5) is 11.4 Å². The van der Waals surface area contributed by atoms with Crippen molar-refractivity contribution in [3.63, 3.8) is 0 Å². The van der Waals surface area contributed by atoms with Gasteiger partial charge in [0.1, 0.15) is 5.75 Å². The summed E-state index contributed by atoms with van der Waals surface area (Å²) in [6, 6.07) is 13.7. The standard InChI is InChI=1S/C20H26N2O4S/c1-25-15-14-21-16-6-8-17(9-7-16)22-27(23,24)20-12-10-19(11-13-20)26-18-4-2-3-5-18/h6-13,18,21-22H,2-5,14-15H2,1H3. The molecule has 0 saturated heterocycles. The van der Waals surface area contributed by atoms with E-state index in [4.69, 9.17) is 9.47 Å². The van der Waals surface area contributed by atoms with Crippen molar-refractivity contribution >= 4 is 21.4 Å². The van der Waals surface area contributed by atoms with Crippen LogP contribution in [0.3, 0.4) is 0 Å². The fourth-order valence-electron chi connectivity index (χ4n) is 3.06. The summed E-state index contributed by atoms with van der Waals surface area (Å²) < 4.78 is 38.6. The molecule has 0 aromatic heterocycles. The molecular weight excluding hydrogens is 364 g/mol. The van der Waals surface area contributed by atoms with Crippen molar-refractivity contribution in [2.75, 3.05) is 30.3 Å². The first-order valence-corrected chi connectivity index (χ1v) is 10.7. The second-order valence-electron chi connectivity index (χ2n) is 6.60. The van der Waals surface area contributed by atoms with Gasteiger partial charge in [0.15, 0.2) is 0 Å². The molecule has 27 heavy (non-hydrogen) atoms. The molecule has 2 aromatic carbocycles. The Morgan fingerprint density at radius 2 is 1.59 bits per heavy atom. The molecule has 7 heteroatoms. The maximum atomic E-state index is 12.6. The maximum Gasteiger partial charge on any atom is 0.261 e. The molecule has 0 atom stereocenters. The van der Waals surface area contributed by atoms with Crippen LogP contribution in [0.25, 0.3) is 0 Å². The zero-order valence-corrected chi connectivity index (χ0v) is 16.3. The molecule has 0 amide bonds. The average Bonchev–Trinajstić information content (AvgIpc) is 3.17. The summed E-state index contributed by atoms with van der Waals surface area (Å²) >= 11 is 0. The first kappa shape index (κ1) is 19.5. The lowest BCUT2D eigenvalue weighted by molar-refractivity contribution is 0.210. The number of hydrogen-bond acceptors (Lipinski definition) is 5. The van der Waals surface area contributed by atoms with Gasteiger partial charge in [-0.15, -0.1) is 0 Å². The van der Waals surface area contributed by atoms with Crippen molar-refractivity contribution in [1.29, 1.82) is 0 Å².